The lowest BCUT2D eigenvalue weighted by molar-refractivity contribution is 0.315. The maximum atomic E-state index is 9.30. The Morgan fingerprint density at radius 2 is 2.19 bits per heavy atom. The van der Waals surface area contributed by atoms with Crippen molar-refractivity contribution >= 4 is 11.0 Å². The Balaban J connectivity index is 1.78. The van der Waals surface area contributed by atoms with E-state index in [1.54, 1.807) is 7.11 Å². The van der Waals surface area contributed by atoms with Crippen molar-refractivity contribution in [3.8, 4) is 23.3 Å². The van der Waals surface area contributed by atoms with Gasteiger partial charge in [0.25, 0.3) is 0 Å². The number of nitrogens with one attached hydrogen (secondary N) is 1. The van der Waals surface area contributed by atoms with Gasteiger partial charge in [-0.3, -0.25) is 4.68 Å². The van der Waals surface area contributed by atoms with E-state index < -0.39 is 0 Å². The van der Waals surface area contributed by atoms with E-state index in [4.69, 9.17) is 4.74 Å². The fraction of sp³-hybridized carbons (Fsp3) is 0.500. The predicted octanol–water partition coefficient (Wildman–Crippen LogP) is 4.04. The van der Waals surface area contributed by atoms with E-state index in [2.05, 4.69) is 33.0 Å². The second-order valence-electron chi connectivity index (χ2n) is 7.13. The lowest BCUT2D eigenvalue weighted by Gasteiger charge is -2.21. The van der Waals surface area contributed by atoms with Gasteiger partial charge in [-0.2, -0.15) is 20.3 Å². The van der Waals surface area contributed by atoms with Gasteiger partial charge in [0.2, 0.25) is 0 Å². The summed E-state index contributed by atoms with van der Waals surface area (Å²) in [5, 5.41) is 14.9. The molecule has 0 radical (unpaired) electrons. The molecule has 1 N–H and O–H groups in total. The molecule has 4 rings (SSSR count). The molecule has 1 saturated carbocycles. The van der Waals surface area contributed by atoms with Crippen molar-refractivity contribution in [2.75, 3.05) is 7.11 Å². The van der Waals surface area contributed by atoms with Crippen molar-refractivity contribution in [2.24, 2.45) is 5.92 Å². The third-order valence-electron chi connectivity index (χ3n) is 5.62. The number of nitriles is 1. The molecule has 7 heteroatoms. The minimum Gasteiger partial charge on any atom is -0.467 e. The monoisotopic (exact) mass is 364 g/mol. The molecule has 3 aromatic rings. The third kappa shape index (κ3) is 3.16. The first kappa shape index (κ1) is 17.5. The van der Waals surface area contributed by atoms with Gasteiger partial charge in [-0.1, -0.05) is 19.8 Å². The van der Waals surface area contributed by atoms with Gasteiger partial charge in [-0.05, 0) is 30.7 Å². The molecular weight excluding hydrogens is 340 g/mol. The van der Waals surface area contributed by atoms with Crippen LogP contribution in [0.2, 0.25) is 0 Å². The van der Waals surface area contributed by atoms with Crippen LogP contribution >= 0.6 is 0 Å². The van der Waals surface area contributed by atoms with E-state index >= 15 is 0 Å². The molecule has 1 aliphatic rings. The van der Waals surface area contributed by atoms with Crippen LogP contribution in [0.1, 0.15) is 50.6 Å². The number of H-pyrrole nitrogens is 1. The molecule has 1 fully saturated rings. The van der Waals surface area contributed by atoms with Gasteiger partial charge in [-0.15, -0.1) is 0 Å². The summed E-state index contributed by atoms with van der Waals surface area (Å²) in [7, 11) is 1.57. The van der Waals surface area contributed by atoms with Crippen molar-refractivity contribution in [3.63, 3.8) is 0 Å². The maximum Gasteiger partial charge on any atom is 0.318 e. The molecule has 0 bridgehead atoms. The van der Waals surface area contributed by atoms with Crippen molar-refractivity contribution < 1.29 is 4.74 Å². The first-order chi connectivity index (χ1) is 13.2. The molecule has 7 nitrogen and oxygen atoms in total. The second-order valence-corrected chi connectivity index (χ2v) is 7.13. The van der Waals surface area contributed by atoms with Gasteiger partial charge in [0.15, 0.2) is 0 Å². The van der Waals surface area contributed by atoms with Crippen LogP contribution in [-0.4, -0.2) is 31.8 Å². The van der Waals surface area contributed by atoms with Crippen molar-refractivity contribution in [3.05, 3.63) is 24.2 Å². The van der Waals surface area contributed by atoms with Gasteiger partial charge in [0.1, 0.15) is 5.65 Å². The summed E-state index contributed by atoms with van der Waals surface area (Å²) in [4.78, 5) is 12.3. The highest BCUT2D eigenvalue weighted by molar-refractivity contribution is 5.93. The topological polar surface area (TPSA) is 92.4 Å². The summed E-state index contributed by atoms with van der Waals surface area (Å²) in [6, 6.07) is 2.80. The fourth-order valence-corrected chi connectivity index (χ4v) is 4.21. The van der Waals surface area contributed by atoms with Gasteiger partial charge < -0.3 is 9.72 Å². The summed E-state index contributed by atoms with van der Waals surface area (Å²) >= 11 is 0. The average molecular weight is 364 g/mol. The van der Waals surface area contributed by atoms with Crippen LogP contribution in [0.25, 0.3) is 22.3 Å². The van der Waals surface area contributed by atoms with E-state index in [9.17, 15) is 5.26 Å². The number of aryl methyl sites for hydroxylation is 1. The standard InChI is InChI=1S/C20H24N6O/c1-3-13-10-22-19-17(13)18(24-20(25-19)27-2)15-11-23-26(12-15)16(8-9-21)14-6-4-5-7-14/h10-12,14,16H,3-8H2,1-2H3,(H,22,24,25). The first-order valence-corrected chi connectivity index (χ1v) is 9.58. The van der Waals surface area contributed by atoms with Gasteiger partial charge in [0, 0.05) is 23.3 Å². The van der Waals surface area contributed by atoms with Crippen LogP contribution < -0.4 is 4.74 Å². The number of methoxy groups -OCH3 is 1. The highest BCUT2D eigenvalue weighted by Crippen LogP contribution is 2.37. The molecule has 1 unspecified atom stereocenters. The summed E-state index contributed by atoms with van der Waals surface area (Å²) in [5.74, 6) is 0.524. The number of aromatic nitrogens is 5. The molecule has 3 heterocycles. The molecule has 140 valence electrons. The molecule has 1 aliphatic carbocycles. The zero-order valence-corrected chi connectivity index (χ0v) is 15.8. The number of hydrogen-bond donors (Lipinski definition) is 1. The van der Waals surface area contributed by atoms with Crippen LogP contribution in [-0.2, 0) is 6.42 Å². The summed E-state index contributed by atoms with van der Waals surface area (Å²) in [5.41, 5.74) is 3.69. The molecule has 0 saturated heterocycles. The van der Waals surface area contributed by atoms with Crippen LogP contribution in [0.5, 0.6) is 6.01 Å². The van der Waals surface area contributed by atoms with E-state index in [0.717, 1.165) is 28.7 Å². The third-order valence-corrected chi connectivity index (χ3v) is 5.62. The number of nitrogens with zero attached hydrogens (tertiary/aromatic N) is 5. The summed E-state index contributed by atoms with van der Waals surface area (Å²) in [6.07, 6.45) is 12.0. The normalized spacial score (nSPS) is 15.9. The molecule has 1 atom stereocenters. The largest absolute Gasteiger partial charge is 0.467 e. The SMILES string of the molecule is CCc1c[nH]c2nc(OC)nc(-c3cnn(C(CC#N)C4CCCC4)c3)c12. The minimum absolute atomic E-state index is 0.127. The number of aromatic amines is 1. The highest BCUT2D eigenvalue weighted by atomic mass is 16.5. The fourth-order valence-electron chi connectivity index (χ4n) is 4.21. The Labute approximate surface area is 158 Å². The number of rotatable bonds is 6. The van der Waals surface area contributed by atoms with E-state index in [1.165, 1.54) is 31.2 Å². The van der Waals surface area contributed by atoms with Gasteiger partial charge >= 0.3 is 6.01 Å². The Morgan fingerprint density at radius 3 is 2.89 bits per heavy atom. The Kier molecular flexibility index (Phi) is 4.80. The molecule has 0 amide bonds. The lowest BCUT2D eigenvalue weighted by Crippen LogP contribution is -2.17. The smallest absolute Gasteiger partial charge is 0.318 e. The second kappa shape index (κ2) is 7.39. The number of fused-ring (bicyclic) bond motifs is 1. The van der Waals surface area contributed by atoms with Gasteiger partial charge in [0.05, 0.1) is 37.5 Å². The zero-order valence-electron chi connectivity index (χ0n) is 15.8. The van der Waals surface area contributed by atoms with Gasteiger partial charge in [-0.25, -0.2) is 0 Å². The lowest BCUT2D eigenvalue weighted by atomic mass is 9.96. The molecule has 27 heavy (non-hydrogen) atoms. The molecule has 3 aromatic heterocycles. The van der Waals surface area contributed by atoms with E-state index in [-0.39, 0.29) is 6.04 Å². The highest BCUT2D eigenvalue weighted by Gasteiger charge is 2.27. The van der Waals surface area contributed by atoms with Crippen molar-refractivity contribution in [1.82, 2.24) is 24.7 Å². The molecule has 0 aliphatic heterocycles. The summed E-state index contributed by atoms with van der Waals surface area (Å²) < 4.78 is 7.25. The predicted molar refractivity (Wildman–Crippen MR) is 102 cm³/mol. The minimum atomic E-state index is 0.127. The van der Waals surface area contributed by atoms with Crippen LogP contribution in [0.3, 0.4) is 0 Å². The first-order valence-electron chi connectivity index (χ1n) is 9.58. The Bertz CT molecular complexity index is 976. The number of ether oxygens (including phenoxy) is 1. The van der Waals surface area contributed by atoms with Crippen LogP contribution in [0, 0.1) is 17.2 Å². The Morgan fingerprint density at radius 1 is 1.37 bits per heavy atom. The molecule has 0 aromatic carbocycles. The Hall–Kier alpha value is -2.88. The van der Waals surface area contributed by atoms with Crippen LogP contribution in [0.4, 0.5) is 0 Å². The zero-order chi connectivity index (χ0) is 18.8. The molecular formula is C20H24N6O. The number of hydrogen-bond acceptors (Lipinski definition) is 5. The van der Waals surface area contributed by atoms with E-state index in [0.29, 0.717) is 18.3 Å². The maximum absolute atomic E-state index is 9.30. The summed E-state index contributed by atoms with van der Waals surface area (Å²) in [6.45, 7) is 2.11. The van der Waals surface area contributed by atoms with E-state index in [1.807, 2.05) is 23.3 Å². The quantitative estimate of drug-likeness (QED) is 0.712. The van der Waals surface area contributed by atoms with Crippen LogP contribution in [0.15, 0.2) is 18.6 Å². The average Bonchev–Trinajstić information content (AvgIpc) is 3.45. The molecule has 0 spiro atoms. The van der Waals surface area contributed by atoms with Crippen molar-refractivity contribution in [2.45, 2.75) is 51.5 Å². The van der Waals surface area contributed by atoms with Crippen molar-refractivity contribution in [1.29, 1.82) is 5.26 Å².